The van der Waals surface area contributed by atoms with E-state index in [1.165, 1.54) is 5.06 Å². The van der Waals surface area contributed by atoms with Gasteiger partial charge in [-0.3, -0.25) is 4.79 Å². The van der Waals surface area contributed by atoms with Crippen LogP contribution in [-0.4, -0.2) is 30.4 Å². The molecule has 0 N–H and O–H groups in total. The highest BCUT2D eigenvalue weighted by molar-refractivity contribution is 5.93. The molecule has 1 unspecified atom stereocenters. The summed E-state index contributed by atoms with van der Waals surface area (Å²) in [5, 5.41) is 1.38. The normalized spacial score (nSPS) is 19.1. The molecule has 0 bridgehead atoms. The molecule has 1 aromatic rings. The quantitative estimate of drug-likeness (QED) is 0.612. The van der Waals surface area contributed by atoms with Gasteiger partial charge in [0, 0.05) is 18.6 Å². The number of nitrogens with zero attached hydrogens (tertiary/aromatic N) is 1. The van der Waals surface area contributed by atoms with Gasteiger partial charge >= 0.3 is 0 Å². The Morgan fingerprint density at radius 1 is 1.40 bits per heavy atom. The first-order valence-corrected chi connectivity index (χ1v) is 7.07. The summed E-state index contributed by atoms with van der Waals surface area (Å²) in [7, 11) is 0. The molecule has 1 aromatic carbocycles. The van der Waals surface area contributed by atoms with E-state index in [1.54, 1.807) is 12.1 Å². The summed E-state index contributed by atoms with van der Waals surface area (Å²) in [5.41, 5.74) is 0.618. The molecule has 108 valence electrons. The van der Waals surface area contributed by atoms with Crippen LogP contribution in [0.25, 0.3) is 0 Å². The van der Waals surface area contributed by atoms with Gasteiger partial charge in [0.25, 0.3) is 5.91 Å². The lowest BCUT2D eigenvalue weighted by molar-refractivity contribution is -0.263. The third kappa shape index (κ3) is 4.18. The lowest BCUT2D eigenvalue weighted by atomic mass is 10.2. The largest absolute Gasteiger partial charge is 0.350 e. The lowest BCUT2D eigenvalue weighted by Gasteiger charge is -2.28. The van der Waals surface area contributed by atoms with Crippen LogP contribution in [0.15, 0.2) is 42.5 Å². The zero-order chi connectivity index (χ0) is 14.2. The fourth-order valence-electron chi connectivity index (χ4n) is 2.04. The molecule has 1 fully saturated rings. The second-order valence-electron chi connectivity index (χ2n) is 4.70. The Hall–Kier alpha value is -1.65. The summed E-state index contributed by atoms with van der Waals surface area (Å²) in [5.74, 6) is -0.141. The minimum atomic E-state index is -0.318. The number of ether oxygens (including phenoxy) is 1. The van der Waals surface area contributed by atoms with Crippen molar-refractivity contribution in [3.8, 4) is 0 Å². The minimum absolute atomic E-state index is 0.141. The average molecular weight is 275 g/mol. The molecule has 0 aliphatic carbocycles. The first-order valence-electron chi connectivity index (χ1n) is 7.07. The van der Waals surface area contributed by atoms with E-state index < -0.39 is 0 Å². The average Bonchev–Trinajstić information content (AvgIpc) is 2.52. The van der Waals surface area contributed by atoms with Gasteiger partial charge in [0.05, 0.1) is 6.54 Å². The topological polar surface area (TPSA) is 38.8 Å². The fourth-order valence-corrected chi connectivity index (χ4v) is 2.04. The Kier molecular flexibility index (Phi) is 5.77. The molecule has 4 nitrogen and oxygen atoms in total. The molecule has 2 rings (SSSR count). The highest BCUT2D eigenvalue weighted by atomic mass is 16.8. The van der Waals surface area contributed by atoms with Gasteiger partial charge in [0.1, 0.15) is 0 Å². The van der Waals surface area contributed by atoms with Gasteiger partial charge < -0.3 is 4.74 Å². The number of carbonyl (C=O) groups is 1. The summed E-state index contributed by atoms with van der Waals surface area (Å²) in [4.78, 5) is 18.2. The third-order valence-corrected chi connectivity index (χ3v) is 3.14. The van der Waals surface area contributed by atoms with E-state index in [4.69, 9.17) is 9.57 Å². The molecule has 0 aromatic heterocycles. The van der Waals surface area contributed by atoms with Crippen LogP contribution in [0.3, 0.4) is 0 Å². The van der Waals surface area contributed by atoms with Crippen molar-refractivity contribution < 1.29 is 14.4 Å². The molecule has 1 saturated heterocycles. The molecule has 4 heteroatoms. The van der Waals surface area contributed by atoms with Crippen LogP contribution in [0.4, 0.5) is 0 Å². The Bertz CT molecular complexity index is 438. The Labute approximate surface area is 119 Å². The maximum Gasteiger partial charge on any atom is 0.277 e. The third-order valence-electron chi connectivity index (χ3n) is 3.14. The zero-order valence-electron chi connectivity index (χ0n) is 11.8. The van der Waals surface area contributed by atoms with E-state index in [9.17, 15) is 4.79 Å². The van der Waals surface area contributed by atoms with Crippen LogP contribution < -0.4 is 0 Å². The Balaban J connectivity index is 2.04. The Morgan fingerprint density at radius 3 is 2.85 bits per heavy atom. The molecule has 0 radical (unpaired) electrons. The second-order valence-corrected chi connectivity index (χ2v) is 4.70. The maximum atomic E-state index is 12.4. The van der Waals surface area contributed by atoms with Crippen molar-refractivity contribution in [2.75, 3.05) is 13.2 Å². The molecule has 20 heavy (non-hydrogen) atoms. The number of benzene rings is 1. The molecule has 1 aliphatic rings. The highest BCUT2D eigenvalue weighted by Gasteiger charge is 2.22. The van der Waals surface area contributed by atoms with Gasteiger partial charge in [-0.25, -0.2) is 9.90 Å². The van der Waals surface area contributed by atoms with Gasteiger partial charge in [0.15, 0.2) is 6.29 Å². The van der Waals surface area contributed by atoms with E-state index >= 15 is 0 Å². The zero-order valence-corrected chi connectivity index (χ0v) is 11.8. The van der Waals surface area contributed by atoms with Crippen LogP contribution in [0.1, 0.15) is 36.5 Å². The van der Waals surface area contributed by atoms with Crippen molar-refractivity contribution in [2.24, 2.45) is 0 Å². The van der Waals surface area contributed by atoms with E-state index in [1.807, 2.05) is 37.3 Å². The van der Waals surface area contributed by atoms with Gasteiger partial charge in [-0.05, 0) is 31.9 Å². The van der Waals surface area contributed by atoms with Gasteiger partial charge in [-0.1, -0.05) is 30.4 Å². The number of hydrogen-bond donors (Lipinski definition) is 0. The molecule has 1 heterocycles. The number of rotatable bonds is 5. The Morgan fingerprint density at radius 2 is 2.20 bits per heavy atom. The fraction of sp³-hybridized carbons (Fsp3) is 0.438. The standard InChI is InChI=1S/C16H21NO3/c1-2-3-12-17(20-15-11-7-8-13-19-15)16(18)14-9-5-4-6-10-14/h2-6,9-10,15H,7-8,11-13H2,1H3/b3-2+. The summed E-state index contributed by atoms with van der Waals surface area (Å²) < 4.78 is 5.53. The first kappa shape index (κ1) is 14.8. The number of hydroxylamine groups is 2. The molecule has 0 saturated carbocycles. The number of hydrogen-bond acceptors (Lipinski definition) is 3. The second kappa shape index (κ2) is 7.82. The first-order chi connectivity index (χ1) is 9.81. The number of carbonyl (C=O) groups excluding carboxylic acids is 1. The van der Waals surface area contributed by atoms with Crippen molar-refractivity contribution in [1.82, 2.24) is 5.06 Å². The van der Waals surface area contributed by atoms with Crippen molar-refractivity contribution >= 4 is 5.91 Å². The van der Waals surface area contributed by atoms with Crippen LogP contribution in [0.2, 0.25) is 0 Å². The van der Waals surface area contributed by atoms with Crippen LogP contribution in [-0.2, 0) is 9.57 Å². The van der Waals surface area contributed by atoms with E-state index in [0.717, 1.165) is 19.3 Å². The van der Waals surface area contributed by atoms with Gasteiger partial charge in [0.2, 0.25) is 0 Å². The predicted molar refractivity (Wildman–Crippen MR) is 77.0 cm³/mol. The summed E-state index contributed by atoms with van der Waals surface area (Å²) >= 11 is 0. The highest BCUT2D eigenvalue weighted by Crippen LogP contribution is 2.16. The van der Waals surface area contributed by atoms with Crippen molar-refractivity contribution in [3.05, 3.63) is 48.0 Å². The predicted octanol–water partition coefficient (Wildman–Crippen LogP) is 3.16. The van der Waals surface area contributed by atoms with Gasteiger partial charge in [-0.15, -0.1) is 0 Å². The molecule has 0 spiro atoms. The molecule has 1 aliphatic heterocycles. The lowest BCUT2D eigenvalue weighted by Crippen LogP contribution is -2.37. The molecule has 1 atom stereocenters. The van der Waals surface area contributed by atoms with Crippen LogP contribution in [0.5, 0.6) is 0 Å². The summed E-state index contributed by atoms with van der Waals surface area (Å²) in [6.07, 6.45) is 6.43. The van der Waals surface area contributed by atoms with E-state index in [0.29, 0.717) is 18.7 Å². The summed E-state index contributed by atoms with van der Waals surface area (Å²) in [6, 6.07) is 9.15. The van der Waals surface area contributed by atoms with Crippen molar-refractivity contribution in [1.29, 1.82) is 0 Å². The summed E-state index contributed by atoms with van der Waals surface area (Å²) in [6.45, 7) is 3.04. The minimum Gasteiger partial charge on any atom is -0.350 e. The van der Waals surface area contributed by atoms with Crippen LogP contribution in [0, 0.1) is 0 Å². The molecule has 1 amide bonds. The monoisotopic (exact) mass is 275 g/mol. The number of amides is 1. The van der Waals surface area contributed by atoms with Crippen LogP contribution >= 0.6 is 0 Å². The van der Waals surface area contributed by atoms with Crippen molar-refractivity contribution in [2.45, 2.75) is 32.5 Å². The van der Waals surface area contributed by atoms with Gasteiger partial charge in [-0.2, -0.15) is 0 Å². The SMILES string of the molecule is C/C=C/CN(OC1CCCCO1)C(=O)c1ccccc1. The van der Waals surface area contributed by atoms with E-state index in [2.05, 4.69) is 0 Å². The van der Waals surface area contributed by atoms with Crippen molar-refractivity contribution in [3.63, 3.8) is 0 Å². The smallest absolute Gasteiger partial charge is 0.277 e. The molecular weight excluding hydrogens is 254 g/mol. The number of allylic oxidation sites excluding steroid dienone is 1. The maximum absolute atomic E-state index is 12.4. The molecular formula is C16H21NO3. The van der Waals surface area contributed by atoms with E-state index in [-0.39, 0.29) is 12.2 Å².